The van der Waals surface area contributed by atoms with Crippen LogP contribution in [0.4, 0.5) is 0 Å². The zero-order valence-electron chi connectivity index (χ0n) is 7.34. The third kappa shape index (κ3) is 2.63. The highest BCUT2D eigenvalue weighted by Crippen LogP contribution is 2.27. The molecule has 68 valence electrons. The number of thioether (sulfide) groups is 1. The van der Waals surface area contributed by atoms with Crippen LogP contribution in [0.1, 0.15) is 32.6 Å². The maximum absolute atomic E-state index is 11.4. The fourth-order valence-electron chi connectivity index (χ4n) is 1.26. The predicted molar refractivity (Wildman–Crippen MR) is 50.4 cm³/mol. The average Bonchev–Trinajstić information content (AvgIpc) is 2.56. The Balaban J connectivity index is 2.32. The molecule has 0 spiro atoms. The lowest BCUT2D eigenvalue weighted by Gasteiger charge is -2.04. The molecule has 0 aromatic heterocycles. The van der Waals surface area contributed by atoms with E-state index in [2.05, 4.69) is 0 Å². The Bertz CT molecular complexity index is 183. The van der Waals surface area contributed by atoms with Crippen LogP contribution in [0, 0.1) is 0 Å². The third-order valence-electron chi connectivity index (χ3n) is 2.05. The second-order valence-electron chi connectivity index (χ2n) is 3.04. The molecule has 1 atom stereocenters. The van der Waals surface area contributed by atoms with Gasteiger partial charge in [-0.15, -0.1) is 0 Å². The summed E-state index contributed by atoms with van der Waals surface area (Å²) in [4.78, 5) is 22.3. The second kappa shape index (κ2) is 4.65. The van der Waals surface area contributed by atoms with Gasteiger partial charge in [0.15, 0.2) is 5.78 Å². The summed E-state index contributed by atoms with van der Waals surface area (Å²) >= 11 is 1.70. The Morgan fingerprint density at radius 1 is 1.50 bits per heavy atom. The van der Waals surface area contributed by atoms with Gasteiger partial charge in [0.2, 0.25) is 0 Å². The second-order valence-corrected chi connectivity index (χ2v) is 4.35. The van der Waals surface area contributed by atoms with Gasteiger partial charge in [0.1, 0.15) is 5.78 Å². The molecule has 3 heteroatoms. The van der Waals surface area contributed by atoms with Crippen LogP contribution in [0.3, 0.4) is 0 Å². The molecule has 0 aromatic carbocycles. The molecule has 1 aliphatic rings. The van der Waals surface area contributed by atoms with Crippen molar-refractivity contribution < 1.29 is 9.59 Å². The maximum Gasteiger partial charge on any atom is 0.153 e. The van der Waals surface area contributed by atoms with E-state index in [0.29, 0.717) is 6.42 Å². The van der Waals surface area contributed by atoms with Crippen molar-refractivity contribution in [2.24, 2.45) is 0 Å². The van der Waals surface area contributed by atoms with Gasteiger partial charge < -0.3 is 0 Å². The first-order chi connectivity index (χ1) is 5.74. The van der Waals surface area contributed by atoms with E-state index < -0.39 is 0 Å². The first-order valence-corrected chi connectivity index (χ1v) is 5.45. The van der Waals surface area contributed by atoms with Crippen molar-refractivity contribution in [2.75, 3.05) is 5.75 Å². The van der Waals surface area contributed by atoms with E-state index in [1.165, 1.54) is 0 Å². The highest BCUT2D eigenvalue weighted by Gasteiger charge is 2.24. The van der Waals surface area contributed by atoms with Gasteiger partial charge in [-0.1, -0.05) is 6.92 Å². The topological polar surface area (TPSA) is 34.1 Å². The fraction of sp³-hybridized carbons (Fsp3) is 0.778. The number of carbonyl (C=O) groups is 2. The number of hydrogen-bond donors (Lipinski definition) is 0. The minimum absolute atomic E-state index is 0.0764. The number of rotatable bonds is 4. The molecular formula is C9H14O2S. The molecule has 0 aliphatic carbocycles. The molecule has 0 bridgehead atoms. The van der Waals surface area contributed by atoms with Crippen molar-refractivity contribution in [2.45, 2.75) is 37.9 Å². The van der Waals surface area contributed by atoms with Crippen molar-refractivity contribution in [1.29, 1.82) is 0 Å². The van der Waals surface area contributed by atoms with E-state index in [1.807, 2.05) is 0 Å². The van der Waals surface area contributed by atoms with E-state index in [-0.39, 0.29) is 23.2 Å². The largest absolute Gasteiger partial charge is 0.299 e. The van der Waals surface area contributed by atoms with Crippen LogP contribution in [0.2, 0.25) is 0 Å². The lowest BCUT2D eigenvalue weighted by molar-refractivity contribution is -0.126. The fourth-order valence-corrected chi connectivity index (χ4v) is 2.49. The summed E-state index contributed by atoms with van der Waals surface area (Å²) in [7, 11) is 0. The minimum atomic E-state index is 0.0764. The van der Waals surface area contributed by atoms with E-state index in [4.69, 9.17) is 0 Å². The Morgan fingerprint density at radius 3 is 2.75 bits per heavy atom. The van der Waals surface area contributed by atoms with E-state index >= 15 is 0 Å². The molecule has 1 fully saturated rings. The molecule has 0 radical (unpaired) electrons. The summed E-state index contributed by atoms with van der Waals surface area (Å²) in [6.45, 7) is 1.80. The highest BCUT2D eigenvalue weighted by atomic mass is 32.2. The van der Waals surface area contributed by atoms with Crippen molar-refractivity contribution in [1.82, 2.24) is 0 Å². The number of Topliss-reactive ketones (excluding diaryl/α,β-unsaturated/α-hetero) is 2. The number of hydrogen-bond acceptors (Lipinski definition) is 3. The first-order valence-electron chi connectivity index (χ1n) is 4.40. The molecule has 0 N–H and O–H groups in total. The SMILES string of the molecule is CCC(=O)CC(=O)C1CCCS1. The summed E-state index contributed by atoms with van der Waals surface area (Å²) in [5.74, 6) is 1.30. The molecule has 0 amide bonds. The standard InChI is InChI=1S/C9H14O2S/c1-2-7(10)6-8(11)9-4-3-5-12-9/h9H,2-6H2,1H3. The van der Waals surface area contributed by atoms with Crippen LogP contribution in [-0.4, -0.2) is 22.6 Å². The summed E-state index contributed by atoms with van der Waals surface area (Å²) < 4.78 is 0. The molecule has 0 saturated carbocycles. The van der Waals surface area contributed by atoms with E-state index in [0.717, 1.165) is 18.6 Å². The van der Waals surface area contributed by atoms with Crippen molar-refractivity contribution >= 4 is 23.3 Å². The molecule has 1 saturated heterocycles. The Kier molecular flexibility index (Phi) is 3.79. The summed E-state index contributed by atoms with van der Waals surface area (Å²) in [6.07, 6.45) is 2.75. The zero-order chi connectivity index (χ0) is 8.97. The van der Waals surface area contributed by atoms with Gasteiger partial charge in [-0.05, 0) is 18.6 Å². The van der Waals surface area contributed by atoms with Crippen LogP contribution >= 0.6 is 11.8 Å². The number of ketones is 2. The highest BCUT2D eigenvalue weighted by molar-refractivity contribution is 8.00. The van der Waals surface area contributed by atoms with Crippen LogP contribution in [0.5, 0.6) is 0 Å². The van der Waals surface area contributed by atoms with E-state index in [9.17, 15) is 9.59 Å². The molecule has 2 nitrogen and oxygen atoms in total. The lowest BCUT2D eigenvalue weighted by Crippen LogP contribution is -2.17. The summed E-state index contributed by atoms with van der Waals surface area (Å²) in [5, 5.41) is 0.125. The molecule has 12 heavy (non-hydrogen) atoms. The van der Waals surface area contributed by atoms with Gasteiger partial charge in [0, 0.05) is 6.42 Å². The van der Waals surface area contributed by atoms with Crippen LogP contribution in [0.15, 0.2) is 0 Å². The summed E-state index contributed by atoms with van der Waals surface area (Å²) in [5.41, 5.74) is 0. The van der Waals surface area contributed by atoms with Crippen molar-refractivity contribution in [3.63, 3.8) is 0 Å². The Morgan fingerprint density at radius 2 is 2.25 bits per heavy atom. The van der Waals surface area contributed by atoms with Gasteiger partial charge in [-0.2, -0.15) is 11.8 Å². The third-order valence-corrected chi connectivity index (χ3v) is 3.48. The van der Waals surface area contributed by atoms with Crippen LogP contribution in [0.25, 0.3) is 0 Å². The molecule has 1 heterocycles. The van der Waals surface area contributed by atoms with Gasteiger partial charge in [0.05, 0.1) is 11.7 Å². The molecule has 1 aliphatic heterocycles. The summed E-state index contributed by atoms with van der Waals surface area (Å²) in [6, 6.07) is 0. The quantitative estimate of drug-likeness (QED) is 0.628. The van der Waals surface area contributed by atoms with Crippen LogP contribution in [-0.2, 0) is 9.59 Å². The van der Waals surface area contributed by atoms with Gasteiger partial charge in [0.25, 0.3) is 0 Å². The zero-order valence-corrected chi connectivity index (χ0v) is 8.15. The van der Waals surface area contributed by atoms with E-state index in [1.54, 1.807) is 18.7 Å². The molecule has 1 unspecified atom stereocenters. The molecular weight excluding hydrogens is 172 g/mol. The normalized spacial score (nSPS) is 22.6. The average molecular weight is 186 g/mol. The molecule has 1 rings (SSSR count). The smallest absolute Gasteiger partial charge is 0.153 e. The Labute approximate surface area is 77.1 Å². The lowest BCUT2D eigenvalue weighted by atomic mass is 10.1. The maximum atomic E-state index is 11.4. The Hall–Kier alpha value is -0.310. The van der Waals surface area contributed by atoms with Gasteiger partial charge in [-0.3, -0.25) is 9.59 Å². The first kappa shape index (κ1) is 9.78. The number of carbonyl (C=O) groups excluding carboxylic acids is 2. The van der Waals surface area contributed by atoms with Crippen molar-refractivity contribution in [3.05, 3.63) is 0 Å². The predicted octanol–water partition coefficient (Wildman–Crippen LogP) is 1.82. The van der Waals surface area contributed by atoms with Crippen molar-refractivity contribution in [3.8, 4) is 0 Å². The molecule has 0 aromatic rings. The minimum Gasteiger partial charge on any atom is -0.299 e. The van der Waals surface area contributed by atoms with Crippen LogP contribution < -0.4 is 0 Å². The monoisotopic (exact) mass is 186 g/mol. The van der Waals surface area contributed by atoms with Gasteiger partial charge in [-0.25, -0.2) is 0 Å². The van der Waals surface area contributed by atoms with Gasteiger partial charge >= 0.3 is 0 Å².